The Morgan fingerprint density at radius 3 is 2.05 bits per heavy atom. The van der Waals surface area contributed by atoms with E-state index in [0.717, 1.165) is 11.1 Å². The minimum Gasteiger partial charge on any atom is -0.386 e. The van der Waals surface area contributed by atoms with Gasteiger partial charge in [0.15, 0.2) is 9.84 Å². The molecule has 0 saturated carbocycles. The molecule has 0 amide bonds. The topological polar surface area (TPSA) is 54.4 Å². The van der Waals surface area contributed by atoms with E-state index in [-0.39, 0.29) is 5.75 Å². The van der Waals surface area contributed by atoms with Gasteiger partial charge in [0.25, 0.3) is 0 Å². The molecule has 0 spiro atoms. The molecule has 2 aromatic rings. The third-order valence-electron chi connectivity index (χ3n) is 3.35. The molecule has 0 aliphatic carbocycles. The Hall–Kier alpha value is -0.920. The Labute approximate surface area is 139 Å². The molecule has 3 nitrogen and oxygen atoms in total. The lowest BCUT2D eigenvalue weighted by Crippen LogP contribution is -2.24. The van der Waals surface area contributed by atoms with Gasteiger partial charge in [-0.3, -0.25) is 0 Å². The van der Waals surface area contributed by atoms with Gasteiger partial charge in [-0.25, -0.2) is 8.42 Å². The van der Waals surface area contributed by atoms with Crippen LogP contribution < -0.4 is 0 Å². The van der Waals surface area contributed by atoms with E-state index in [4.69, 9.17) is 0 Å². The molecule has 0 saturated heterocycles. The summed E-state index contributed by atoms with van der Waals surface area (Å²) in [6.07, 6.45) is -1.01. The van der Waals surface area contributed by atoms with E-state index in [9.17, 15) is 13.5 Å². The van der Waals surface area contributed by atoms with Gasteiger partial charge >= 0.3 is 0 Å². The highest BCUT2D eigenvalue weighted by Crippen LogP contribution is 2.29. The Morgan fingerprint density at radius 2 is 1.52 bits per heavy atom. The van der Waals surface area contributed by atoms with E-state index in [1.807, 2.05) is 42.5 Å². The van der Waals surface area contributed by atoms with Gasteiger partial charge in [-0.15, -0.1) is 0 Å². The van der Waals surface area contributed by atoms with Gasteiger partial charge in [-0.2, -0.15) is 0 Å². The third kappa shape index (κ3) is 3.84. The van der Waals surface area contributed by atoms with Crippen molar-refractivity contribution >= 4 is 32.4 Å². The number of alkyl halides is 1. The maximum absolute atomic E-state index is 11.8. The molecule has 0 heterocycles. The number of hydrogen-bond donors (Lipinski definition) is 1. The molecular weight excluding hydrogens is 399 g/mol. The van der Waals surface area contributed by atoms with E-state index in [1.165, 1.54) is 0 Å². The fourth-order valence-corrected chi connectivity index (χ4v) is 4.37. The number of hydrogen-bond acceptors (Lipinski definition) is 3. The Morgan fingerprint density at radius 1 is 1.00 bits per heavy atom. The van der Waals surface area contributed by atoms with Crippen molar-refractivity contribution in [3.63, 3.8) is 0 Å². The molecule has 2 rings (SSSR count). The Balaban J connectivity index is 2.23. The summed E-state index contributed by atoms with van der Waals surface area (Å²) in [5, 5.41) is 10.2. The smallest absolute Gasteiger partial charge is 0.164 e. The molecule has 0 bridgehead atoms. The quantitative estimate of drug-likeness (QED) is 0.599. The van der Waals surface area contributed by atoms with Crippen LogP contribution in [0.4, 0.5) is 0 Å². The molecule has 5 heteroatoms. The summed E-state index contributed by atoms with van der Waals surface area (Å²) in [6.45, 7) is 1.59. The zero-order chi connectivity index (χ0) is 15.5. The minimum atomic E-state index is -3.27. The normalized spacial score (nSPS) is 14.6. The monoisotopic (exact) mass is 416 g/mol. The molecule has 0 fully saturated rings. The summed E-state index contributed by atoms with van der Waals surface area (Å²) in [6, 6.07) is 17.3. The van der Waals surface area contributed by atoms with E-state index < -0.39 is 19.2 Å². The number of aliphatic hydroxyl groups is 1. The summed E-state index contributed by atoms with van der Waals surface area (Å²) in [5.41, 5.74) is 2.74. The van der Waals surface area contributed by atoms with Crippen LogP contribution in [0.25, 0.3) is 11.1 Å². The van der Waals surface area contributed by atoms with Crippen LogP contribution in [0.2, 0.25) is 0 Å². The molecule has 0 aliphatic heterocycles. The fourth-order valence-electron chi connectivity index (χ4n) is 2.01. The van der Waals surface area contributed by atoms with Gasteiger partial charge < -0.3 is 5.11 Å². The first-order chi connectivity index (χ1) is 9.95. The lowest BCUT2D eigenvalue weighted by atomic mass is 10.0. The van der Waals surface area contributed by atoms with Crippen LogP contribution in [-0.2, 0) is 9.84 Å². The van der Waals surface area contributed by atoms with Gasteiger partial charge in [0, 0.05) is 5.75 Å². The van der Waals surface area contributed by atoms with Crippen molar-refractivity contribution in [3.05, 3.63) is 60.2 Å². The van der Waals surface area contributed by atoms with Crippen molar-refractivity contribution < 1.29 is 13.5 Å². The maximum Gasteiger partial charge on any atom is 0.164 e. The lowest BCUT2D eigenvalue weighted by molar-refractivity contribution is 0.197. The van der Waals surface area contributed by atoms with Crippen LogP contribution >= 0.6 is 22.6 Å². The van der Waals surface area contributed by atoms with E-state index in [2.05, 4.69) is 0 Å². The van der Waals surface area contributed by atoms with Crippen LogP contribution in [0.3, 0.4) is 0 Å². The second kappa shape index (κ2) is 6.89. The van der Waals surface area contributed by atoms with Crippen molar-refractivity contribution in [1.29, 1.82) is 0 Å². The van der Waals surface area contributed by atoms with E-state index >= 15 is 0 Å². The third-order valence-corrected chi connectivity index (χ3v) is 8.11. The molecule has 0 aromatic heterocycles. The van der Waals surface area contributed by atoms with Gasteiger partial charge in [0.2, 0.25) is 0 Å². The standard InChI is InChI=1S/C16H17IO3S/c1-2-21(19,20)16(17)15(18)14-10-8-13(9-11-14)12-6-4-3-5-7-12/h3-11,15-16,18H,2H2,1H3/t15-,16-/m0/s1. The summed E-state index contributed by atoms with van der Waals surface area (Å²) in [7, 11) is -3.27. The fraction of sp³-hybridized carbons (Fsp3) is 0.250. The van der Waals surface area contributed by atoms with Gasteiger partial charge in [-0.05, 0) is 16.7 Å². The number of rotatable bonds is 5. The first-order valence-electron chi connectivity index (χ1n) is 6.65. The molecule has 2 aromatic carbocycles. The van der Waals surface area contributed by atoms with Crippen molar-refractivity contribution in [3.8, 4) is 11.1 Å². The highest BCUT2D eigenvalue weighted by molar-refractivity contribution is 14.1. The average Bonchev–Trinajstić information content (AvgIpc) is 2.54. The number of halogens is 1. The summed E-state index contributed by atoms with van der Waals surface area (Å²) < 4.78 is 22.8. The van der Waals surface area contributed by atoms with Crippen LogP contribution in [-0.4, -0.2) is 22.5 Å². The average molecular weight is 416 g/mol. The van der Waals surface area contributed by atoms with Crippen LogP contribution in [0, 0.1) is 0 Å². The molecule has 112 valence electrons. The van der Waals surface area contributed by atoms with Crippen LogP contribution in [0.15, 0.2) is 54.6 Å². The van der Waals surface area contributed by atoms with Crippen molar-refractivity contribution in [2.75, 3.05) is 5.75 Å². The predicted octanol–water partition coefficient (Wildman–Crippen LogP) is 3.58. The van der Waals surface area contributed by atoms with Crippen LogP contribution in [0.1, 0.15) is 18.6 Å². The van der Waals surface area contributed by atoms with E-state index in [0.29, 0.717) is 5.56 Å². The van der Waals surface area contributed by atoms with Gasteiger partial charge in [-0.1, -0.05) is 84.1 Å². The molecule has 0 radical (unpaired) electrons. The first-order valence-corrected chi connectivity index (χ1v) is 9.61. The maximum atomic E-state index is 11.8. The lowest BCUT2D eigenvalue weighted by Gasteiger charge is -2.17. The molecular formula is C16H17IO3S. The Kier molecular flexibility index (Phi) is 5.40. The van der Waals surface area contributed by atoms with Crippen molar-refractivity contribution in [1.82, 2.24) is 0 Å². The highest BCUT2D eigenvalue weighted by Gasteiger charge is 2.29. The van der Waals surface area contributed by atoms with Gasteiger partial charge in [0.1, 0.15) is 9.36 Å². The number of sulfone groups is 1. The molecule has 2 atom stereocenters. The van der Waals surface area contributed by atoms with E-state index in [1.54, 1.807) is 41.6 Å². The zero-order valence-electron chi connectivity index (χ0n) is 11.6. The molecule has 0 unspecified atom stereocenters. The summed E-state index contributed by atoms with van der Waals surface area (Å²) >= 11 is 1.80. The molecule has 21 heavy (non-hydrogen) atoms. The van der Waals surface area contributed by atoms with Crippen LogP contribution in [0.5, 0.6) is 0 Å². The second-order valence-electron chi connectivity index (χ2n) is 4.74. The minimum absolute atomic E-state index is 0.0275. The van der Waals surface area contributed by atoms with Crippen molar-refractivity contribution in [2.45, 2.75) is 16.3 Å². The predicted molar refractivity (Wildman–Crippen MR) is 94.1 cm³/mol. The largest absolute Gasteiger partial charge is 0.386 e. The number of aliphatic hydroxyl groups excluding tert-OH is 1. The second-order valence-corrected chi connectivity index (χ2v) is 9.33. The zero-order valence-corrected chi connectivity index (χ0v) is 14.6. The Bertz CT molecular complexity index is 681. The first kappa shape index (κ1) is 16.5. The summed E-state index contributed by atoms with van der Waals surface area (Å²) in [4.78, 5) is 0. The summed E-state index contributed by atoms with van der Waals surface area (Å²) in [5.74, 6) is 0.0275. The number of benzene rings is 2. The van der Waals surface area contributed by atoms with Gasteiger partial charge in [0.05, 0.1) is 0 Å². The molecule has 0 aliphatic rings. The SMILES string of the molecule is CCS(=O)(=O)[C@H](I)[C@@H](O)c1ccc(-c2ccccc2)cc1. The highest BCUT2D eigenvalue weighted by atomic mass is 127. The molecule has 1 N–H and O–H groups in total. The van der Waals surface area contributed by atoms with Crippen molar-refractivity contribution in [2.24, 2.45) is 0 Å².